The molecule has 1 saturated heterocycles. The first-order valence-electron chi connectivity index (χ1n) is 8.80. The Labute approximate surface area is 190 Å². The molecule has 29 heavy (non-hydrogen) atoms. The van der Waals surface area contributed by atoms with E-state index in [4.69, 9.17) is 28.6 Å². The van der Waals surface area contributed by atoms with Crippen LogP contribution >= 0.6 is 51.1 Å². The Morgan fingerprint density at radius 3 is 2.83 bits per heavy atom. The van der Waals surface area contributed by atoms with E-state index in [1.54, 1.807) is 18.2 Å². The number of fused-ring (bicyclic) bond motifs is 1. The minimum absolute atomic E-state index is 0.165. The normalized spacial score (nSPS) is 14.1. The van der Waals surface area contributed by atoms with Crippen LogP contribution in [0.2, 0.25) is 5.02 Å². The summed E-state index contributed by atoms with van der Waals surface area (Å²) in [5.41, 5.74) is 2.36. The molecule has 0 spiro atoms. The zero-order valence-electron chi connectivity index (χ0n) is 15.1. The van der Waals surface area contributed by atoms with Crippen LogP contribution < -0.4 is 15.5 Å². The van der Waals surface area contributed by atoms with Crippen LogP contribution in [0.25, 0.3) is 10.2 Å². The molecule has 0 radical (unpaired) electrons. The number of carbonyl (C=O) groups excluding carboxylic acids is 1. The smallest absolute Gasteiger partial charge is 0.258 e. The number of amides is 1. The summed E-state index contributed by atoms with van der Waals surface area (Å²) in [5.74, 6) is -0.385. The molecule has 1 aromatic heterocycles. The van der Waals surface area contributed by atoms with Gasteiger partial charge in [-0.25, -0.2) is 4.98 Å². The van der Waals surface area contributed by atoms with E-state index in [2.05, 4.69) is 48.6 Å². The maximum atomic E-state index is 12.4. The molecule has 1 aliphatic heterocycles. The average molecular weight is 512 g/mol. The Hall–Kier alpha value is -1.78. The predicted molar refractivity (Wildman–Crippen MR) is 125 cm³/mol. The number of ether oxygens (including phenoxy) is 1. The molecule has 0 saturated carbocycles. The molecule has 4 rings (SSSR count). The van der Waals surface area contributed by atoms with Crippen LogP contribution in [0.5, 0.6) is 0 Å². The van der Waals surface area contributed by atoms with Crippen molar-refractivity contribution in [1.29, 1.82) is 0 Å². The van der Waals surface area contributed by atoms with Crippen molar-refractivity contribution >= 4 is 83.1 Å². The van der Waals surface area contributed by atoms with E-state index in [1.165, 1.54) is 11.3 Å². The lowest BCUT2D eigenvalue weighted by Crippen LogP contribution is -2.36. The molecule has 3 aromatic rings. The molecule has 0 unspecified atom stereocenters. The summed E-state index contributed by atoms with van der Waals surface area (Å²) >= 11 is 16.2. The third-order valence-corrected chi connectivity index (χ3v) is 6.33. The summed E-state index contributed by atoms with van der Waals surface area (Å²) < 4.78 is 7.21. The van der Waals surface area contributed by atoms with Gasteiger partial charge in [-0.1, -0.05) is 38.9 Å². The third-order valence-electron chi connectivity index (χ3n) is 4.37. The van der Waals surface area contributed by atoms with E-state index < -0.39 is 0 Å². The lowest BCUT2D eigenvalue weighted by Gasteiger charge is -2.28. The second-order valence-corrected chi connectivity index (χ2v) is 9.06. The van der Waals surface area contributed by atoms with Crippen LogP contribution in [0.15, 0.2) is 40.9 Å². The van der Waals surface area contributed by atoms with Gasteiger partial charge in [-0.15, -0.1) is 0 Å². The van der Waals surface area contributed by atoms with Crippen molar-refractivity contribution in [3.8, 4) is 0 Å². The van der Waals surface area contributed by atoms with Crippen LogP contribution in [0.4, 0.5) is 10.8 Å². The Morgan fingerprint density at radius 1 is 1.24 bits per heavy atom. The molecule has 2 N–H and O–H groups in total. The molecule has 150 valence electrons. The van der Waals surface area contributed by atoms with Crippen LogP contribution in [0.1, 0.15) is 10.4 Å². The van der Waals surface area contributed by atoms with Crippen molar-refractivity contribution in [1.82, 2.24) is 10.3 Å². The van der Waals surface area contributed by atoms with Gasteiger partial charge in [0.2, 0.25) is 0 Å². The van der Waals surface area contributed by atoms with Crippen LogP contribution in [0, 0.1) is 0 Å². The zero-order chi connectivity index (χ0) is 20.4. The number of hydrogen-bond donors (Lipinski definition) is 2. The molecular formula is C19H16BrClN4O2S2. The van der Waals surface area contributed by atoms with Crippen molar-refractivity contribution in [3.05, 3.63) is 51.5 Å². The lowest BCUT2D eigenvalue weighted by atomic mass is 10.2. The van der Waals surface area contributed by atoms with E-state index in [0.717, 1.165) is 46.7 Å². The molecule has 2 heterocycles. The molecule has 1 amide bonds. The maximum Gasteiger partial charge on any atom is 0.258 e. The Balaban J connectivity index is 1.45. The number of rotatable bonds is 3. The summed E-state index contributed by atoms with van der Waals surface area (Å²) in [6, 6.07) is 11.2. The van der Waals surface area contributed by atoms with E-state index >= 15 is 0 Å². The van der Waals surface area contributed by atoms with Crippen molar-refractivity contribution in [2.75, 3.05) is 36.5 Å². The van der Waals surface area contributed by atoms with Gasteiger partial charge in [0, 0.05) is 23.2 Å². The van der Waals surface area contributed by atoms with Crippen LogP contribution in [0.3, 0.4) is 0 Å². The summed E-state index contributed by atoms with van der Waals surface area (Å²) in [7, 11) is 0. The first-order valence-corrected chi connectivity index (χ1v) is 11.2. The summed E-state index contributed by atoms with van der Waals surface area (Å²) in [4.78, 5) is 19.3. The van der Waals surface area contributed by atoms with Gasteiger partial charge < -0.3 is 15.0 Å². The number of aromatic nitrogens is 1. The number of halogens is 2. The first-order chi connectivity index (χ1) is 14.0. The molecule has 1 aliphatic rings. The fourth-order valence-electron chi connectivity index (χ4n) is 2.96. The second-order valence-electron chi connectivity index (χ2n) is 6.30. The van der Waals surface area contributed by atoms with E-state index in [-0.39, 0.29) is 11.0 Å². The number of morpholine rings is 1. The number of benzene rings is 2. The highest BCUT2D eigenvalue weighted by atomic mass is 79.9. The molecule has 2 aromatic carbocycles. The molecular weight excluding hydrogens is 496 g/mol. The number of carbonyl (C=O) groups is 1. The largest absolute Gasteiger partial charge is 0.378 e. The molecule has 0 aliphatic carbocycles. The number of anilines is 2. The van der Waals surface area contributed by atoms with E-state index in [0.29, 0.717) is 15.7 Å². The summed E-state index contributed by atoms with van der Waals surface area (Å²) in [6.07, 6.45) is 0. The molecule has 10 heteroatoms. The van der Waals surface area contributed by atoms with Crippen molar-refractivity contribution in [3.63, 3.8) is 0 Å². The number of thiazole rings is 1. The summed E-state index contributed by atoms with van der Waals surface area (Å²) in [5, 5.41) is 6.76. The van der Waals surface area contributed by atoms with Crippen molar-refractivity contribution < 1.29 is 9.53 Å². The Morgan fingerprint density at radius 2 is 2.03 bits per heavy atom. The number of nitrogens with one attached hydrogen (secondary N) is 2. The first kappa shape index (κ1) is 20.5. The van der Waals surface area contributed by atoms with Gasteiger partial charge >= 0.3 is 0 Å². The fraction of sp³-hybridized carbons (Fsp3) is 0.211. The van der Waals surface area contributed by atoms with Gasteiger partial charge in [0.1, 0.15) is 0 Å². The number of nitrogens with zero attached hydrogens (tertiary/aromatic N) is 2. The highest BCUT2D eigenvalue weighted by molar-refractivity contribution is 9.10. The van der Waals surface area contributed by atoms with Gasteiger partial charge in [-0.05, 0) is 48.6 Å². The molecule has 0 bridgehead atoms. The third kappa shape index (κ3) is 4.87. The minimum Gasteiger partial charge on any atom is -0.378 e. The van der Waals surface area contributed by atoms with Crippen LogP contribution in [-0.4, -0.2) is 42.3 Å². The predicted octanol–water partition coefficient (Wildman–Crippen LogP) is 4.68. The maximum absolute atomic E-state index is 12.4. The van der Waals surface area contributed by atoms with E-state index in [9.17, 15) is 4.79 Å². The highest BCUT2D eigenvalue weighted by Crippen LogP contribution is 2.30. The van der Waals surface area contributed by atoms with Gasteiger partial charge in [0.05, 0.1) is 34.0 Å². The summed E-state index contributed by atoms with van der Waals surface area (Å²) in [6.45, 7) is 3.24. The van der Waals surface area contributed by atoms with Crippen molar-refractivity contribution in [2.24, 2.45) is 0 Å². The van der Waals surface area contributed by atoms with Crippen molar-refractivity contribution in [2.45, 2.75) is 0 Å². The Kier molecular flexibility index (Phi) is 6.31. The SMILES string of the molecule is O=C(NC(=S)Nc1nc2ccc(N3CCOCC3)cc2s1)c1cc(Br)ccc1Cl. The minimum atomic E-state index is -0.385. The van der Waals surface area contributed by atoms with Gasteiger partial charge in [0.25, 0.3) is 5.91 Å². The highest BCUT2D eigenvalue weighted by Gasteiger charge is 2.15. The molecule has 1 fully saturated rings. The lowest BCUT2D eigenvalue weighted by molar-refractivity contribution is 0.0978. The monoisotopic (exact) mass is 510 g/mol. The second kappa shape index (κ2) is 8.93. The average Bonchev–Trinajstić information content (AvgIpc) is 3.11. The topological polar surface area (TPSA) is 66.5 Å². The van der Waals surface area contributed by atoms with Gasteiger partial charge in [-0.2, -0.15) is 0 Å². The fourth-order valence-corrected chi connectivity index (χ4v) is 4.68. The molecule has 6 nitrogen and oxygen atoms in total. The molecule has 0 atom stereocenters. The van der Waals surface area contributed by atoms with E-state index in [1.807, 2.05) is 6.07 Å². The van der Waals surface area contributed by atoms with Gasteiger partial charge in [-0.3, -0.25) is 10.1 Å². The number of thiocarbonyl (C=S) groups is 1. The standard InChI is InChI=1S/C19H16BrClN4O2S2/c20-11-1-3-14(21)13(9-11)17(26)23-18(28)24-19-22-15-4-2-12(10-16(15)29-19)25-5-7-27-8-6-25/h1-4,9-10H,5-8H2,(H2,22,23,24,26,28). The van der Waals surface area contributed by atoms with Gasteiger partial charge in [0.15, 0.2) is 10.2 Å². The Bertz CT molecular complexity index is 1090. The number of hydrogen-bond acceptors (Lipinski definition) is 6. The zero-order valence-corrected chi connectivity index (χ0v) is 19.1. The quantitative estimate of drug-likeness (QED) is 0.498. The van der Waals surface area contributed by atoms with Crippen LogP contribution in [-0.2, 0) is 4.74 Å².